The molecule has 0 saturated carbocycles. The summed E-state index contributed by atoms with van der Waals surface area (Å²) in [5.41, 5.74) is 0.925. The fourth-order valence-corrected chi connectivity index (χ4v) is 0.706. The molecule has 0 N–H and O–H groups in total. The Kier molecular flexibility index (Phi) is 2.41. The van der Waals surface area contributed by atoms with E-state index >= 15 is 0 Å². The summed E-state index contributed by atoms with van der Waals surface area (Å²) in [5, 5.41) is 3.96. The van der Waals surface area contributed by atoms with Gasteiger partial charge in [-0.1, -0.05) is 5.92 Å². The molecular weight excluding hydrogens is 144 g/mol. The molecule has 0 aliphatic rings. The second-order valence-electron chi connectivity index (χ2n) is 1.80. The Morgan fingerprint density at radius 1 is 1.80 bits per heavy atom. The van der Waals surface area contributed by atoms with E-state index in [-0.39, 0.29) is 0 Å². The SMILES string of the molecule is Cn1nccc1C#CCS. The summed E-state index contributed by atoms with van der Waals surface area (Å²) in [6, 6.07) is 1.87. The quantitative estimate of drug-likeness (QED) is 0.428. The topological polar surface area (TPSA) is 17.8 Å². The Labute approximate surface area is 65.7 Å². The van der Waals surface area contributed by atoms with Crippen molar-refractivity contribution in [2.24, 2.45) is 7.05 Å². The van der Waals surface area contributed by atoms with Crippen molar-refractivity contribution in [1.82, 2.24) is 9.78 Å². The lowest BCUT2D eigenvalue weighted by Gasteiger charge is -1.87. The number of nitrogens with zero attached hydrogens (tertiary/aromatic N) is 2. The Hall–Kier alpha value is -0.880. The third kappa shape index (κ3) is 1.55. The molecule has 0 spiro atoms. The number of aryl methyl sites for hydroxylation is 1. The van der Waals surface area contributed by atoms with Gasteiger partial charge in [0.2, 0.25) is 0 Å². The van der Waals surface area contributed by atoms with Crippen molar-refractivity contribution in [3.05, 3.63) is 18.0 Å². The highest BCUT2D eigenvalue weighted by Gasteiger charge is 1.89. The molecule has 0 unspecified atom stereocenters. The van der Waals surface area contributed by atoms with Crippen molar-refractivity contribution in [2.45, 2.75) is 0 Å². The van der Waals surface area contributed by atoms with Gasteiger partial charge in [-0.2, -0.15) is 17.7 Å². The standard InChI is InChI=1S/C7H8N2S/c1-9-7(3-2-6-10)4-5-8-9/h4-5,10H,6H2,1H3. The average Bonchev–Trinajstić information content (AvgIpc) is 2.31. The molecule has 1 rings (SSSR count). The van der Waals surface area contributed by atoms with Crippen molar-refractivity contribution >= 4 is 12.6 Å². The van der Waals surface area contributed by atoms with Crippen LogP contribution < -0.4 is 0 Å². The number of hydrogen-bond donors (Lipinski definition) is 1. The van der Waals surface area contributed by atoms with Crippen LogP contribution in [0.4, 0.5) is 0 Å². The molecule has 52 valence electrons. The van der Waals surface area contributed by atoms with Crippen LogP contribution in [0.15, 0.2) is 12.3 Å². The lowest BCUT2D eigenvalue weighted by atomic mass is 10.4. The van der Waals surface area contributed by atoms with Gasteiger partial charge in [0.25, 0.3) is 0 Å². The Morgan fingerprint density at radius 3 is 3.10 bits per heavy atom. The zero-order chi connectivity index (χ0) is 7.40. The van der Waals surface area contributed by atoms with Crippen LogP contribution in [-0.2, 0) is 7.05 Å². The second kappa shape index (κ2) is 3.33. The summed E-state index contributed by atoms with van der Waals surface area (Å²) >= 11 is 3.96. The molecule has 10 heavy (non-hydrogen) atoms. The van der Waals surface area contributed by atoms with Crippen molar-refractivity contribution in [3.63, 3.8) is 0 Å². The molecule has 2 nitrogen and oxygen atoms in total. The molecule has 3 heteroatoms. The molecule has 0 aliphatic heterocycles. The zero-order valence-electron chi connectivity index (χ0n) is 5.70. The van der Waals surface area contributed by atoms with Crippen LogP contribution in [0.25, 0.3) is 0 Å². The molecule has 1 aromatic rings. The maximum atomic E-state index is 3.96. The third-order valence-corrected chi connectivity index (χ3v) is 1.27. The highest BCUT2D eigenvalue weighted by Crippen LogP contribution is 1.91. The normalized spacial score (nSPS) is 8.60. The predicted octanol–water partition coefficient (Wildman–Crippen LogP) is 0.701. The van der Waals surface area contributed by atoms with Crippen LogP contribution >= 0.6 is 12.6 Å². The predicted molar refractivity (Wildman–Crippen MR) is 43.9 cm³/mol. The van der Waals surface area contributed by atoms with Gasteiger partial charge in [0.05, 0.1) is 11.9 Å². The van der Waals surface area contributed by atoms with Crippen LogP contribution in [-0.4, -0.2) is 15.5 Å². The fraction of sp³-hybridized carbons (Fsp3) is 0.286. The van der Waals surface area contributed by atoms with Gasteiger partial charge in [-0.15, -0.1) is 0 Å². The second-order valence-corrected chi connectivity index (χ2v) is 2.12. The summed E-state index contributed by atoms with van der Waals surface area (Å²) < 4.78 is 1.73. The Morgan fingerprint density at radius 2 is 2.60 bits per heavy atom. The van der Waals surface area contributed by atoms with Gasteiger partial charge >= 0.3 is 0 Å². The summed E-state index contributed by atoms with van der Waals surface area (Å²) in [6.45, 7) is 0. The highest BCUT2D eigenvalue weighted by molar-refractivity contribution is 7.80. The maximum Gasteiger partial charge on any atom is 0.110 e. The lowest BCUT2D eigenvalue weighted by Crippen LogP contribution is -1.92. The molecular formula is C7H8N2S. The van der Waals surface area contributed by atoms with Crippen molar-refractivity contribution < 1.29 is 0 Å². The zero-order valence-corrected chi connectivity index (χ0v) is 6.60. The first-order valence-corrected chi connectivity index (χ1v) is 3.55. The van der Waals surface area contributed by atoms with E-state index in [1.165, 1.54) is 0 Å². The first-order valence-electron chi connectivity index (χ1n) is 2.92. The van der Waals surface area contributed by atoms with Crippen LogP contribution in [0.3, 0.4) is 0 Å². The minimum Gasteiger partial charge on any atom is -0.260 e. The first kappa shape index (κ1) is 7.23. The average molecular weight is 152 g/mol. The van der Waals surface area contributed by atoms with E-state index < -0.39 is 0 Å². The Balaban J connectivity index is 2.84. The molecule has 1 aromatic heterocycles. The van der Waals surface area contributed by atoms with Gasteiger partial charge in [-0.3, -0.25) is 4.68 Å². The van der Waals surface area contributed by atoms with E-state index in [0.717, 1.165) is 5.69 Å². The largest absolute Gasteiger partial charge is 0.260 e. The third-order valence-electron chi connectivity index (χ3n) is 1.12. The van der Waals surface area contributed by atoms with E-state index in [2.05, 4.69) is 29.6 Å². The van der Waals surface area contributed by atoms with E-state index in [1.807, 2.05) is 13.1 Å². The summed E-state index contributed by atoms with van der Waals surface area (Å²) in [6.07, 6.45) is 1.72. The molecule has 0 aromatic carbocycles. The van der Waals surface area contributed by atoms with Gasteiger partial charge in [-0.25, -0.2) is 0 Å². The molecule has 0 radical (unpaired) electrons. The van der Waals surface area contributed by atoms with Crippen molar-refractivity contribution in [2.75, 3.05) is 5.75 Å². The minimum absolute atomic E-state index is 0.588. The number of rotatable bonds is 0. The lowest BCUT2D eigenvalue weighted by molar-refractivity contribution is 0.757. The molecule has 0 atom stereocenters. The number of hydrogen-bond acceptors (Lipinski definition) is 2. The smallest absolute Gasteiger partial charge is 0.110 e. The molecule has 0 bridgehead atoms. The van der Waals surface area contributed by atoms with E-state index in [1.54, 1.807) is 10.9 Å². The number of aromatic nitrogens is 2. The first-order chi connectivity index (χ1) is 4.84. The van der Waals surface area contributed by atoms with Gasteiger partial charge in [0.15, 0.2) is 0 Å². The van der Waals surface area contributed by atoms with Crippen LogP contribution in [0, 0.1) is 11.8 Å². The van der Waals surface area contributed by atoms with Gasteiger partial charge in [0.1, 0.15) is 5.69 Å². The van der Waals surface area contributed by atoms with E-state index in [9.17, 15) is 0 Å². The van der Waals surface area contributed by atoms with E-state index in [0.29, 0.717) is 5.75 Å². The van der Waals surface area contributed by atoms with Crippen LogP contribution in [0.2, 0.25) is 0 Å². The Bertz CT molecular complexity index is 267. The summed E-state index contributed by atoms with van der Waals surface area (Å²) in [4.78, 5) is 0. The van der Waals surface area contributed by atoms with Gasteiger partial charge in [0, 0.05) is 7.05 Å². The molecule has 1 heterocycles. The molecule has 0 fully saturated rings. The van der Waals surface area contributed by atoms with Gasteiger partial charge < -0.3 is 0 Å². The number of thiol groups is 1. The minimum atomic E-state index is 0.588. The molecule has 0 aliphatic carbocycles. The highest BCUT2D eigenvalue weighted by atomic mass is 32.1. The fourth-order valence-electron chi connectivity index (χ4n) is 0.627. The summed E-state index contributed by atoms with van der Waals surface area (Å²) in [5.74, 6) is 6.35. The monoisotopic (exact) mass is 152 g/mol. The molecule has 0 amide bonds. The molecule has 0 saturated heterocycles. The van der Waals surface area contributed by atoms with Crippen LogP contribution in [0.5, 0.6) is 0 Å². The van der Waals surface area contributed by atoms with Crippen molar-refractivity contribution in [1.29, 1.82) is 0 Å². The maximum absolute atomic E-state index is 3.96. The van der Waals surface area contributed by atoms with Gasteiger partial charge in [-0.05, 0) is 12.0 Å². The van der Waals surface area contributed by atoms with E-state index in [4.69, 9.17) is 0 Å². The van der Waals surface area contributed by atoms with Crippen LogP contribution in [0.1, 0.15) is 5.69 Å². The van der Waals surface area contributed by atoms with Crippen molar-refractivity contribution in [3.8, 4) is 11.8 Å². The summed E-state index contributed by atoms with van der Waals surface area (Å²) in [7, 11) is 1.86.